The minimum absolute atomic E-state index is 0.0926. The lowest BCUT2D eigenvalue weighted by atomic mass is 9.94. The molecule has 0 aromatic heterocycles. The molecule has 0 saturated carbocycles. The summed E-state index contributed by atoms with van der Waals surface area (Å²) in [6.45, 7) is 2.88. The van der Waals surface area contributed by atoms with E-state index in [9.17, 15) is 14.4 Å². The first-order valence-corrected chi connectivity index (χ1v) is 7.96. The third-order valence-corrected chi connectivity index (χ3v) is 3.66. The van der Waals surface area contributed by atoms with Crippen molar-refractivity contribution in [2.24, 2.45) is 5.92 Å². The van der Waals surface area contributed by atoms with Crippen molar-refractivity contribution in [3.63, 3.8) is 0 Å². The molecule has 0 aliphatic rings. The monoisotopic (exact) mass is 362 g/mol. The van der Waals surface area contributed by atoms with Crippen LogP contribution < -0.4 is 4.74 Å². The number of esters is 1. The molecule has 0 bridgehead atoms. The lowest BCUT2D eigenvalue weighted by Crippen LogP contribution is -2.25. The molecule has 7 heteroatoms. The van der Waals surface area contributed by atoms with Crippen LogP contribution in [0, 0.1) is 17.2 Å². The first-order valence-electron chi connectivity index (χ1n) is 7.96. The number of Topliss-reactive ketones (excluding diaryl/α,β-unsaturated/α-hetero) is 1. The number of benzene rings is 1. The Morgan fingerprint density at radius 2 is 1.77 bits per heavy atom. The first-order chi connectivity index (χ1) is 12.2. The van der Waals surface area contributed by atoms with Gasteiger partial charge in [-0.2, -0.15) is 5.26 Å². The summed E-state index contributed by atoms with van der Waals surface area (Å²) in [6, 6.07) is 7.35. The van der Waals surface area contributed by atoms with Crippen LogP contribution in [0.2, 0.25) is 0 Å². The molecule has 0 saturated heterocycles. The second kappa shape index (κ2) is 11.6. The zero-order chi connectivity index (χ0) is 20.3. The fraction of sp³-hybridized carbons (Fsp3) is 0.474. The quantitative estimate of drug-likeness (QED) is 0.565. The Bertz CT molecular complexity index is 677. The van der Waals surface area contributed by atoms with Gasteiger partial charge in [-0.15, -0.1) is 0 Å². The molecular formula is C19H26N2O5. The van der Waals surface area contributed by atoms with Crippen molar-refractivity contribution in [3.05, 3.63) is 29.3 Å². The summed E-state index contributed by atoms with van der Waals surface area (Å²) < 4.78 is 9.87. The van der Waals surface area contributed by atoms with Crippen LogP contribution in [0.1, 0.15) is 25.0 Å². The summed E-state index contributed by atoms with van der Waals surface area (Å²) in [5, 5.41) is 8.72. The van der Waals surface area contributed by atoms with E-state index >= 15 is 0 Å². The van der Waals surface area contributed by atoms with Crippen molar-refractivity contribution >= 4 is 17.7 Å². The maximum absolute atomic E-state index is 11.6. The number of rotatable bonds is 6. The lowest BCUT2D eigenvalue weighted by Gasteiger charge is -2.14. The summed E-state index contributed by atoms with van der Waals surface area (Å²) in [4.78, 5) is 34.8. The Balaban J connectivity index is 0.000000896. The molecule has 1 amide bonds. The fourth-order valence-electron chi connectivity index (χ4n) is 1.95. The zero-order valence-corrected chi connectivity index (χ0v) is 16.2. The number of nitrogens with zero attached hydrogens (tertiary/aromatic N) is 2. The Labute approximate surface area is 154 Å². The van der Waals surface area contributed by atoms with Gasteiger partial charge in [0.2, 0.25) is 5.91 Å². The molecule has 0 aliphatic carbocycles. The van der Waals surface area contributed by atoms with Crippen LogP contribution >= 0.6 is 0 Å². The molecule has 1 aromatic rings. The predicted octanol–water partition coefficient (Wildman–Crippen LogP) is 1.78. The molecule has 0 heterocycles. The van der Waals surface area contributed by atoms with E-state index in [4.69, 9.17) is 10.00 Å². The Hall–Kier alpha value is -2.88. The van der Waals surface area contributed by atoms with Crippen LogP contribution in [0.25, 0.3) is 0 Å². The highest BCUT2D eigenvalue weighted by molar-refractivity contribution is 5.98. The van der Waals surface area contributed by atoms with Gasteiger partial charge in [0.1, 0.15) is 17.5 Å². The standard InChI is InChI=1S/C15H17NO4.C4H9NO/c1-10(17)13(15(18)20-3)9-12-8-11(6-7-16)4-5-14(12)19-2;1-4(6)5(2)3/h4-5,8,13H,6,9H2,1-3H3;1-3H3. The number of methoxy groups -OCH3 is 2. The third kappa shape index (κ3) is 7.79. The smallest absolute Gasteiger partial charge is 0.316 e. The van der Waals surface area contributed by atoms with Crippen molar-refractivity contribution in [1.29, 1.82) is 5.26 Å². The number of amides is 1. The van der Waals surface area contributed by atoms with Crippen molar-refractivity contribution in [1.82, 2.24) is 4.90 Å². The highest BCUT2D eigenvalue weighted by atomic mass is 16.5. The molecule has 1 unspecified atom stereocenters. The minimum atomic E-state index is -0.855. The van der Waals surface area contributed by atoms with Crippen molar-refractivity contribution in [2.45, 2.75) is 26.7 Å². The summed E-state index contributed by atoms with van der Waals surface area (Å²) in [6.07, 6.45) is 0.463. The van der Waals surface area contributed by atoms with Gasteiger partial charge in [0.25, 0.3) is 0 Å². The average molecular weight is 362 g/mol. The van der Waals surface area contributed by atoms with Crippen LogP contribution in [0.3, 0.4) is 0 Å². The molecule has 0 aliphatic heterocycles. The Morgan fingerprint density at radius 3 is 2.15 bits per heavy atom. The predicted molar refractivity (Wildman–Crippen MR) is 96.6 cm³/mol. The highest BCUT2D eigenvalue weighted by Gasteiger charge is 2.25. The second-order valence-corrected chi connectivity index (χ2v) is 5.79. The SMILES string of the molecule is CC(=O)N(C)C.COC(=O)C(Cc1cc(CC#N)ccc1OC)C(C)=O. The maximum Gasteiger partial charge on any atom is 0.316 e. The van der Waals surface area contributed by atoms with Gasteiger partial charge in [0.05, 0.1) is 26.7 Å². The molecule has 1 aromatic carbocycles. The molecule has 26 heavy (non-hydrogen) atoms. The molecule has 7 nitrogen and oxygen atoms in total. The summed E-state index contributed by atoms with van der Waals surface area (Å²) in [7, 11) is 6.22. The van der Waals surface area contributed by atoms with Crippen LogP contribution in [0.4, 0.5) is 0 Å². The third-order valence-electron chi connectivity index (χ3n) is 3.66. The van der Waals surface area contributed by atoms with E-state index in [-0.39, 0.29) is 24.5 Å². The van der Waals surface area contributed by atoms with Gasteiger partial charge in [-0.25, -0.2) is 0 Å². The molecule has 1 atom stereocenters. The summed E-state index contributed by atoms with van der Waals surface area (Å²) in [5.74, 6) is -1.00. The Kier molecular flexibility index (Phi) is 10.3. The van der Waals surface area contributed by atoms with E-state index in [0.717, 1.165) is 5.56 Å². The van der Waals surface area contributed by atoms with Crippen molar-refractivity contribution < 1.29 is 23.9 Å². The van der Waals surface area contributed by atoms with Gasteiger partial charge < -0.3 is 14.4 Å². The minimum Gasteiger partial charge on any atom is -0.496 e. The molecule has 0 radical (unpaired) electrons. The highest BCUT2D eigenvalue weighted by Crippen LogP contribution is 2.24. The van der Waals surface area contributed by atoms with E-state index in [1.165, 1.54) is 33.0 Å². The largest absolute Gasteiger partial charge is 0.496 e. The van der Waals surface area contributed by atoms with Crippen molar-refractivity contribution in [3.8, 4) is 11.8 Å². The molecule has 142 valence electrons. The van der Waals surface area contributed by atoms with Gasteiger partial charge in [-0.1, -0.05) is 12.1 Å². The van der Waals surface area contributed by atoms with E-state index in [1.54, 1.807) is 32.3 Å². The van der Waals surface area contributed by atoms with Crippen LogP contribution in [-0.4, -0.2) is 50.9 Å². The molecule has 0 spiro atoms. The molecule has 0 fully saturated rings. The van der Waals surface area contributed by atoms with Crippen LogP contribution in [0.5, 0.6) is 5.75 Å². The van der Waals surface area contributed by atoms with E-state index in [1.807, 2.05) is 0 Å². The summed E-state index contributed by atoms with van der Waals surface area (Å²) >= 11 is 0. The van der Waals surface area contributed by atoms with E-state index in [2.05, 4.69) is 10.8 Å². The lowest BCUT2D eigenvalue weighted by molar-refractivity contribution is -0.148. The number of ketones is 1. The number of nitriles is 1. The second-order valence-electron chi connectivity index (χ2n) is 5.79. The zero-order valence-electron chi connectivity index (χ0n) is 16.2. The van der Waals surface area contributed by atoms with Crippen LogP contribution in [0.15, 0.2) is 18.2 Å². The van der Waals surface area contributed by atoms with Gasteiger partial charge in [-0.05, 0) is 30.5 Å². The van der Waals surface area contributed by atoms with Gasteiger partial charge in [0.15, 0.2) is 0 Å². The van der Waals surface area contributed by atoms with Gasteiger partial charge in [-0.3, -0.25) is 14.4 Å². The first kappa shape index (κ1) is 23.1. The van der Waals surface area contributed by atoms with Gasteiger partial charge in [0, 0.05) is 21.0 Å². The molecule has 1 rings (SSSR count). The van der Waals surface area contributed by atoms with Crippen LogP contribution in [-0.2, 0) is 32.0 Å². The maximum atomic E-state index is 11.6. The fourth-order valence-corrected chi connectivity index (χ4v) is 1.95. The Morgan fingerprint density at radius 1 is 1.19 bits per heavy atom. The number of carbonyl (C=O) groups excluding carboxylic acids is 3. The number of ether oxygens (including phenoxy) is 2. The topological polar surface area (TPSA) is 96.7 Å². The van der Waals surface area contributed by atoms with E-state index < -0.39 is 11.9 Å². The van der Waals surface area contributed by atoms with Crippen molar-refractivity contribution in [2.75, 3.05) is 28.3 Å². The molecule has 0 N–H and O–H groups in total. The number of hydrogen-bond donors (Lipinski definition) is 0. The number of hydrogen-bond acceptors (Lipinski definition) is 6. The number of carbonyl (C=O) groups is 3. The summed E-state index contributed by atoms with van der Waals surface area (Å²) in [5.41, 5.74) is 1.53. The molecular weight excluding hydrogens is 336 g/mol. The normalized spacial score (nSPS) is 10.5. The average Bonchev–Trinajstić information content (AvgIpc) is 2.59. The van der Waals surface area contributed by atoms with Gasteiger partial charge >= 0.3 is 5.97 Å². The van der Waals surface area contributed by atoms with E-state index in [0.29, 0.717) is 11.3 Å².